The maximum atomic E-state index is 13.0. The van der Waals surface area contributed by atoms with E-state index in [1.807, 2.05) is 6.07 Å². The van der Waals surface area contributed by atoms with E-state index in [1.165, 1.54) is 12.4 Å². The van der Waals surface area contributed by atoms with Gasteiger partial charge >= 0.3 is 6.18 Å². The lowest BCUT2D eigenvalue weighted by Gasteiger charge is -2.10. The molecule has 4 aromatic rings. The summed E-state index contributed by atoms with van der Waals surface area (Å²) in [5.41, 5.74) is 2.14. The highest BCUT2D eigenvalue weighted by Crippen LogP contribution is 2.41. The fourth-order valence-electron chi connectivity index (χ4n) is 3.42. The molecule has 0 atom stereocenters. The van der Waals surface area contributed by atoms with Crippen molar-refractivity contribution in [2.24, 2.45) is 0 Å². The van der Waals surface area contributed by atoms with Crippen LogP contribution >= 0.6 is 0 Å². The molecule has 3 aromatic heterocycles. The summed E-state index contributed by atoms with van der Waals surface area (Å²) in [6, 6.07) is 10.4. The second kappa shape index (κ2) is 6.56. The summed E-state index contributed by atoms with van der Waals surface area (Å²) in [4.78, 5) is 28.0. The first-order valence-corrected chi connectivity index (χ1v) is 8.90. The van der Waals surface area contributed by atoms with Crippen LogP contribution in [0.15, 0.2) is 48.9 Å². The van der Waals surface area contributed by atoms with Crippen LogP contribution in [0.25, 0.3) is 22.0 Å². The molecule has 1 aliphatic rings. The van der Waals surface area contributed by atoms with Crippen molar-refractivity contribution >= 4 is 28.2 Å². The maximum absolute atomic E-state index is 13.0. The van der Waals surface area contributed by atoms with E-state index in [9.17, 15) is 18.0 Å². The van der Waals surface area contributed by atoms with Gasteiger partial charge in [0.1, 0.15) is 17.6 Å². The monoisotopic (exact) mass is 418 g/mol. The predicted molar refractivity (Wildman–Crippen MR) is 103 cm³/mol. The van der Waals surface area contributed by atoms with Gasteiger partial charge in [-0.2, -0.15) is 18.4 Å². The molecule has 150 valence electrons. The van der Waals surface area contributed by atoms with Gasteiger partial charge in [0.25, 0.3) is 0 Å². The van der Waals surface area contributed by atoms with Gasteiger partial charge in [-0.15, -0.1) is 0 Å². The molecule has 0 aliphatic heterocycles. The molecule has 0 fully saturated rings. The molecule has 0 amide bonds. The average molecular weight is 418 g/mol. The summed E-state index contributed by atoms with van der Waals surface area (Å²) in [5, 5.41) is 12.5. The number of anilines is 2. The SMILES string of the molecule is N#Cc1ccc(Nc2ccc3ncc4c(c3c2)-c2cnc(C(F)(F)F)nc2C4=O)nc1. The van der Waals surface area contributed by atoms with Crippen LogP contribution in [0.5, 0.6) is 0 Å². The number of carbonyl (C=O) groups is 1. The number of nitrogens with one attached hydrogen (secondary N) is 1. The molecule has 0 bridgehead atoms. The number of fused-ring (bicyclic) bond motifs is 5. The minimum absolute atomic E-state index is 0.171. The standard InChI is InChI=1S/C21H9F3N6O/c22-21(23,24)20-28-8-13-17-12-5-11(29-16-4-1-10(6-25)7-27-16)2-3-15(12)26-9-14(17)19(31)18(13)30-20/h1-5,7-9H,(H,27,29). The van der Waals surface area contributed by atoms with Gasteiger partial charge in [0.15, 0.2) is 0 Å². The smallest absolute Gasteiger partial charge is 0.340 e. The molecule has 0 spiro atoms. The van der Waals surface area contributed by atoms with E-state index >= 15 is 0 Å². The van der Waals surface area contributed by atoms with E-state index in [0.29, 0.717) is 33.5 Å². The van der Waals surface area contributed by atoms with Gasteiger partial charge in [-0.25, -0.2) is 15.0 Å². The van der Waals surface area contributed by atoms with Crippen molar-refractivity contribution in [3.05, 3.63) is 71.6 Å². The van der Waals surface area contributed by atoms with Gasteiger partial charge in [-0.1, -0.05) is 0 Å². The molecule has 7 nitrogen and oxygen atoms in total. The highest BCUT2D eigenvalue weighted by molar-refractivity contribution is 6.24. The number of rotatable bonds is 2. The largest absolute Gasteiger partial charge is 0.451 e. The van der Waals surface area contributed by atoms with Crippen LogP contribution in [0.2, 0.25) is 0 Å². The van der Waals surface area contributed by atoms with E-state index in [2.05, 4.69) is 25.3 Å². The number of benzene rings is 1. The van der Waals surface area contributed by atoms with Gasteiger partial charge in [-0.3, -0.25) is 9.78 Å². The van der Waals surface area contributed by atoms with E-state index in [4.69, 9.17) is 5.26 Å². The van der Waals surface area contributed by atoms with Crippen LogP contribution in [0.3, 0.4) is 0 Å². The highest BCUT2D eigenvalue weighted by atomic mass is 19.4. The summed E-state index contributed by atoms with van der Waals surface area (Å²) in [7, 11) is 0. The fraction of sp³-hybridized carbons (Fsp3) is 0.0476. The van der Waals surface area contributed by atoms with Crippen LogP contribution in [0, 0.1) is 11.3 Å². The minimum Gasteiger partial charge on any atom is -0.340 e. The van der Waals surface area contributed by atoms with Crippen molar-refractivity contribution in [1.82, 2.24) is 19.9 Å². The summed E-state index contributed by atoms with van der Waals surface area (Å²) >= 11 is 0. The Bertz CT molecular complexity index is 1420. The lowest BCUT2D eigenvalue weighted by molar-refractivity contribution is -0.145. The topological polar surface area (TPSA) is 104 Å². The van der Waals surface area contributed by atoms with Crippen molar-refractivity contribution in [2.75, 3.05) is 5.32 Å². The normalized spacial score (nSPS) is 12.4. The lowest BCUT2D eigenvalue weighted by Crippen LogP contribution is -2.13. The summed E-state index contributed by atoms with van der Waals surface area (Å²) in [5.74, 6) is -1.49. The van der Waals surface area contributed by atoms with Gasteiger partial charge in [0.05, 0.1) is 16.6 Å². The zero-order valence-corrected chi connectivity index (χ0v) is 15.4. The Labute approximate surface area is 172 Å². The number of nitrogens with zero attached hydrogens (tertiary/aromatic N) is 5. The molecule has 5 rings (SSSR count). The maximum Gasteiger partial charge on any atom is 0.451 e. The number of hydrogen-bond donors (Lipinski definition) is 1. The van der Waals surface area contributed by atoms with Crippen molar-refractivity contribution in [1.29, 1.82) is 5.26 Å². The molecule has 1 aromatic carbocycles. The Morgan fingerprint density at radius 3 is 2.48 bits per heavy atom. The molecular formula is C21H9F3N6O. The third kappa shape index (κ3) is 3.03. The molecular weight excluding hydrogens is 409 g/mol. The number of halogens is 3. The van der Waals surface area contributed by atoms with Gasteiger partial charge in [-0.05, 0) is 30.3 Å². The van der Waals surface area contributed by atoms with E-state index < -0.39 is 17.8 Å². The molecule has 31 heavy (non-hydrogen) atoms. The number of carbonyl (C=O) groups excluding carboxylic acids is 1. The third-order valence-corrected chi connectivity index (χ3v) is 4.80. The Kier molecular flexibility index (Phi) is 3.94. The minimum atomic E-state index is -4.75. The molecule has 0 radical (unpaired) electrons. The quantitative estimate of drug-likeness (QED) is 0.457. The van der Waals surface area contributed by atoms with Crippen molar-refractivity contribution in [3.8, 4) is 17.2 Å². The Hall–Kier alpha value is -4.39. The lowest BCUT2D eigenvalue weighted by atomic mass is 10.0. The first kappa shape index (κ1) is 18.6. The molecule has 0 saturated heterocycles. The van der Waals surface area contributed by atoms with E-state index in [0.717, 1.165) is 6.20 Å². The Morgan fingerprint density at radius 1 is 0.968 bits per heavy atom. The molecule has 1 aliphatic carbocycles. The third-order valence-electron chi connectivity index (χ3n) is 4.80. The van der Waals surface area contributed by atoms with Crippen molar-refractivity contribution in [2.45, 2.75) is 6.18 Å². The first-order valence-electron chi connectivity index (χ1n) is 8.90. The van der Waals surface area contributed by atoms with Gasteiger partial charge in [0, 0.05) is 40.8 Å². The Balaban J connectivity index is 1.62. The van der Waals surface area contributed by atoms with Crippen LogP contribution in [-0.4, -0.2) is 25.7 Å². The van der Waals surface area contributed by atoms with Crippen molar-refractivity contribution < 1.29 is 18.0 Å². The van der Waals surface area contributed by atoms with E-state index in [1.54, 1.807) is 30.3 Å². The molecule has 10 heteroatoms. The molecule has 0 unspecified atom stereocenters. The number of pyridine rings is 2. The van der Waals surface area contributed by atoms with E-state index in [-0.39, 0.29) is 16.8 Å². The summed E-state index contributed by atoms with van der Waals surface area (Å²) in [6.45, 7) is 0. The molecule has 3 heterocycles. The Morgan fingerprint density at radius 2 is 1.77 bits per heavy atom. The number of nitriles is 1. The van der Waals surface area contributed by atoms with Crippen LogP contribution in [0.4, 0.5) is 24.7 Å². The second-order valence-electron chi connectivity index (χ2n) is 6.73. The number of alkyl halides is 3. The number of ketones is 1. The van der Waals surface area contributed by atoms with Gasteiger partial charge in [0.2, 0.25) is 11.6 Å². The summed E-state index contributed by atoms with van der Waals surface area (Å²) < 4.78 is 39.0. The number of aromatic nitrogens is 4. The zero-order valence-electron chi connectivity index (χ0n) is 15.4. The number of hydrogen-bond acceptors (Lipinski definition) is 7. The summed E-state index contributed by atoms with van der Waals surface area (Å²) in [6.07, 6.45) is -0.969. The molecule has 0 saturated carbocycles. The van der Waals surface area contributed by atoms with Gasteiger partial charge < -0.3 is 5.32 Å². The van der Waals surface area contributed by atoms with Crippen LogP contribution in [-0.2, 0) is 6.18 Å². The fourth-order valence-corrected chi connectivity index (χ4v) is 3.42. The van der Waals surface area contributed by atoms with Crippen LogP contribution < -0.4 is 5.32 Å². The molecule has 1 N–H and O–H groups in total. The second-order valence-corrected chi connectivity index (χ2v) is 6.73. The zero-order chi connectivity index (χ0) is 21.8. The highest BCUT2D eigenvalue weighted by Gasteiger charge is 2.38. The predicted octanol–water partition coefficient (Wildman–Crippen LogP) is 4.27. The van der Waals surface area contributed by atoms with Crippen LogP contribution in [0.1, 0.15) is 27.4 Å². The average Bonchev–Trinajstić information content (AvgIpc) is 3.06. The first-order chi connectivity index (χ1) is 14.8. The van der Waals surface area contributed by atoms with Crippen molar-refractivity contribution in [3.63, 3.8) is 0 Å².